The van der Waals surface area contributed by atoms with Gasteiger partial charge >= 0.3 is 0 Å². The summed E-state index contributed by atoms with van der Waals surface area (Å²) in [6.45, 7) is 6.24. The second kappa shape index (κ2) is 8.19. The standard InChI is InChI=1S/C27H32N2O4/c1-18-12-24(32-3)22(21-8-10-28-25(18)21)14-29-11-9-27(15-26(2,31)16-27)13-23(29)19-4-6-20(7-5-19)33-17-30/h4-8,10,12,17,23,28,31H,9,11,13-16H2,1-3H3/t23-,26?,27?/m0/s1. The summed E-state index contributed by atoms with van der Waals surface area (Å²) in [5.41, 5.74) is 4.36. The van der Waals surface area contributed by atoms with Gasteiger partial charge in [-0.1, -0.05) is 12.1 Å². The molecule has 2 aromatic carbocycles. The Morgan fingerprint density at radius 1 is 1.24 bits per heavy atom. The summed E-state index contributed by atoms with van der Waals surface area (Å²) in [7, 11) is 1.74. The molecule has 0 unspecified atom stereocenters. The molecule has 2 fully saturated rings. The van der Waals surface area contributed by atoms with Crippen LogP contribution < -0.4 is 9.47 Å². The third-order valence-electron chi connectivity index (χ3n) is 7.65. The molecule has 1 atom stereocenters. The van der Waals surface area contributed by atoms with Gasteiger partial charge in [0.2, 0.25) is 0 Å². The highest BCUT2D eigenvalue weighted by Crippen LogP contribution is 2.58. The lowest BCUT2D eigenvalue weighted by molar-refractivity contribution is -0.148. The number of aliphatic hydroxyl groups is 1. The normalized spacial score (nSPS) is 27.5. The number of nitrogens with zero attached hydrogens (tertiary/aromatic N) is 1. The van der Waals surface area contributed by atoms with E-state index in [1.807, 2.05) is 25.3 Å². The first-order valence-corrected chi connectivity index (χ1v) is 11.6. The number of aromatic nitrogens is 1. The van der Waals surface area contributed by atoms with Gasteiger partial charge in [0.25, 0.3) is 6.47 Å². The average Bonchev–Trinajstić information content (AvgIpc) is 3.27. The number of methoxy groups -OCH3 is 1. The van der Waals surface area contributed by atoms with Crippen LogP contribution in [0.3, 0.4) is 0 Å². The maximum atomic E-state index is 10.7. The summed E-state index contributed by atoms with van der Waals surface area (Å²) >= 11 is 0. The average molecular weight is 449 g/mol. The van der Waals surface area contributed by atoms with Gasteiger partial charge in [-0.15, -0.1) is 0 Å². The van der Waals surface area contributed by atoms with E-state index < -0.39 is 5.60 Å². The molecule has 2 N–H and O–H groups in total. The molecule has 2 aliphatic rings. The monoisotopic (exact) mass is 448 g/mol. The van der Waals surface area contributed by atoms with Crippen LogP contribution in [-0.2, 0) is 11.3 Å². The van der Waals surface area contributed by atoms with E-state index in [2.05, 4.69) is 41.1 Å². The Morgan fingerprint density at radius 2 is 2.00 bits per heavy atom. The first-order chi connectivity index (χ1) is 15.8. The number of piperidine rings is 1. The second-order valence-corrected chi connectivity index (χ2v) is 10.2. The van der Waals surface area contributed by atoms with E-state index in [-0.39, 0.29) is 11.5 Å². The van der Waals surface area contributed by atoms with Crippen molar-refractivity contribution in [2.45, 2.75) is 57.7 Å². The van der Waals surface area contributed by atoms with Gasteiger partial charge in [0.15, 0.2) is 0 Å². The number of fused-ring (bicyclic) bond motifs is 1. The summed E-state index contributed by atoms with van der Waals surface area (Å²) in [5, 5.41) is 11.7. The fourth-order valence-corrected chi connectivity index (χ4v) is 6.39. The van der Waals surface area contributed by atoms with E-state index in [4.69, 9.17) is 9.47 Å². The second-order valence-electron chi connectivity index (χ2n) is 10.2. The smallest absolute Gasteiger partial charge is 0.298 e. The predicted molar refractivity (Wildman–Crippen MR) is 127 cm³/mol. The van der Waals surface area contributed by atoms with Gasteiger partial charge < -0.3 is 19.6 Å². The first kappa shape index (κ1) is 22.0. The highest BCUT2D eigenvalue weighted by molar-refractivity contribution is 5.88. The maximum Gasteiger partial charge on any atom is 0.298 e. The van der Waals surface area contributed by atoms with Crippen molar-refractivity contribution in [3.8, 4) is 11.5 Å². The van der Waals surface area contributed by atoms with Crippen LogP contribution in [0.15, 0.2) is 42.6 Å². The molecule has 1 spiro atoms. The number of H-pyrrole nitrogens is 1. The third kappa shape index (κ3) is 4.02. The van der Waals surface area contributed by atoms with Crippen LogP contribution in [-0.4, -0.2) is 40.7 Å². The lowest BCUT2D eigenvalue weighted by atomic mass is 9.54. The lowest BCUT2D eigenvalue weighted by Gasteiger charge is -2.58. The molecular formula is C27H32N2O4. The van der Waals surface area contributed by atoms with Gasteiger partial charge in [0, 0.05) is 35.2 Å². The Bertz CT molecular complexity index is 1160. The van der Waals surface area contributed by atoms with E-state index in [0.29, 0.717) is 12.2 Å². The Labute approximate surface area is 194 Å². The van der Waals surface area contributed by atoms with Gasteiger partial charge in [-0.05, 0) is 86.9 Å². The zero-order valence-corrected chi connectivity index (χ0v) is 19.6. The number of rotatable bonds is 6. The summed E-state index contributed by atoms with van der Waals surface area (Å²) in [6.07, 6.45) is 5.78. The van der Waals surface area contributed by atoms with Gasteiger partial charge in [-0.3, -0.25) is 9.69 Å². The quantitative estimate of drug-likeness (QED) is 0.525. The van der Waals surface area contributed by atoms with E-state index in [0.717, 1.165) is 50.0 Å². The molecule has 0 bridgehead atoms. The molecule has 1 saturated heterocycles. The highest BCUT2D eigenvalue weighted by Gasteiger charge is 2.54. The zero-order chi connectivity index (χ0) is 23.2. The molecule has 0 amide bonds. The van der Waals surface area contributed by atoms with Crippen LogP contribution in [0.4, 0.5) is 0 Å². The minimum atomic E-state index is -0.550. The van der Waals surface area contributed by atoms with Gasteiger partial charge in [0.1, 0.15) is 11.5 Å². The third-order valence-corrected chi connectivity index (χ3v) is 7.65. The van der Waals surface area contributed by atoms with Crippen molar-refractivity contribution in [2.24, 2.45) is 5.41 Å². The van der Waals surface area contributed by atoms with Crippen LogP contribution in [0.1, 0.15) is 55.3 Å². The molecule has 1 aromatic heterocycles. The number of hydrogen-bond donors (Lipinski definition) is 2. The first-order valence-electron chi connectivity index (χ1n) is 11.6. The molecule has 6 nitrogen and oxygen atoms in total. The summed E-state index contributed by atoms with van der Waals surface area (Å²) in [4.78, 5) is 16.6. The van der Waals surface area contributed by atoms with Crippen LogP contribution in [0.5, 0.6) is 11.5 Å². The number of aryl methyl sites for hydroxylation is 1. The number of ether oxygens (including phenoxy) is 2. The predicted octanol–water partition coefficient (Wildman–Crippen LogP) is 4.89. The van der Waals surface area contributed by atoms with Gasteiger partial charge in [-0.25, -0.2) is 0 Å². The Hall–Kier alpha value is -2.83. The number of likely N-dealkylation sites (tertiary alicyclic amines) is 1. The Balaban J connectivity index is 1.49. The summed E-state index contributed by atoms with van der Waals surface area (Å²) < 4.78 is 10.8. The number of carbonyl (C=O) groups is 1. The van der Waals surface area contributed by atoms with Crippen molar-refractivity contribution in [3.05, 3.63) is 59.3 Å². The lowest BCUT2D eigenvalue weighted by Crippen LogP contribution is -2.55. The van der Waals surface area contributed by atoms with Crippen molar-refractivity contribution in [1.82, 2.24) is 9.88 Å². The minimum absolute atomic E-state index is 0.184. The van der Waals surface area contributed by atoms with Gasteiger partial charge in [0.05, 0.1) is 12.7 Å². The largest absolute Gasteiger partial charge is 0.496 e. The number of hydrogen-bond acceptors (Lipinski definition) is 5. The maximum absolute atomic E-state index is 10.7. The van der Waals surface area contributed by atoms with Crippen molar-refractivity contribution < 1.29 is 19.4 Å². The molecule has 6 heteroatoms. The van der Waals surface area contributed by atoms with Crippen LogP contribution in [0.25, 0.3) is 10.9 Å². The number of benzene rings is 2. The van der Waals surface area contributed by atoms with Crippen LogP contribution >= 0.6 is 0 Å². The van der Waals surface area contributed by atoms with Crippen LogP contribution in [0, 0.1) is 12.3 Å². The Morgan fingerprint density at radius 3 is 2.67 bits per heavy atom. The fraction of sp³-hybridized carbons (Fsp3) is 0.444. The SMILES string of the molecule is COc1cc(C)c2[nH]ccc2c1CN1CCC2(C[C@H]1c1ccc(OC=O)cc1)CC(C)(O)C2. The molecular weight excluding hydrogens is 416 g/mol. The van der Waals surface area contributed by atoms with Crippen molar-refractivity contribution in [1.29, 1.82) is 0 Å². The van der Waals surface area contributed by atoms with E-state index in [1.54, 1.807) is 7.11 Å². The van der Waals surface area contributed by atoms with E-state index in [1.165, 1.54) is 22.1 Å². The molecule has 1 aliphatic carbocycles. The van der Waals surface area contributed by atoms with Crippen molar-refractivity contribution in [2.75, 3.05) is 13.7 Å². The molecule has 174 valence electrons. The topological polar surface area (TPSA) is 74.8 Å². The number of carbonyl (C=O) groups excluding carboxylic acids is 1. The van der Waals surface area contributed by atoms with E-state index >= 15 is 0 Å². The molecule has 5 rings (SSSR count). The molecule has 2 heterocycles. The molecule has 1 aliphatic heterocycles. The van der Waals surface area contributed by atoms with E-state index in [9.17, 15) is 9.90 Å². The minimum Gasteiger partial charge on any atom is -0.496 e. The number of aromatic amines is 1. The number of nitrogens with one attached hydrogen (secondary N) is 1. The molecule has 3 aromatic rings. The van der Waals surface area contributed by atoms with Gasteiger partial charge in [-0.2, -0.15) is 0 Å². The molecule has 1 saturated carbocycles. The van der Waals surface area contributed by atoms with Crippen molar-refractivity contribution >= 4 is 17.4 Å². The summed E-state index contributed by atoms with van der Waals surface area (Å²) in [5.74, 6) is 1.46. The fourth-order valence-electron chi connectivity index (χ4n) is 6.39. The van der Waals surface area contributed by atoms with Crippen LogP contribution in [0.2, 0.25) is 0 Å². The van der Waals surface area contributed by atoms with Crippen molar-refractivity contribution in [3.63, 3.8) is 0 Å². The highest BCUT2D eigenvalue weighted by atomic mass is 16.5. The molecule has 0 radical (unpaired) electrons. The zero-order valence-electron chi connectivity index (χ0n) is 19.6. The Kier molecular flexibility index (Phi) is 5.46. The molecule has 33 heavy (non-hydrogen) atoms. The summed E-state index contributed by atoms with van der Waals surface area (Å²) in [6, 6.07) is 12.3.